The molecule has 0 spiro atoms. The average Bonchev–Trinajstić information content (AvgIpc) is 2.75. The summed E-state index contributed by atoms with van der Waals surface area (Å²) in [5.74, 6) is 0.449. The second kappa shape index (κ2) is 7.65. The van der Waals surface area contributed by atoms with Crippen LogP contribution in [0.4, 0.5) is 5.69 Å². The standard InChI is InChI=1S/C26H29N3O.H2/c1-5-18-13-19-10-11-21(14-22(19)28-25(18)30)26(3,16-27)15-24-17(2)12-20-8-6-7-9-23(20)29(24)4;/h6-11,13-14,17,24H,5,12,15H2,1-4H3,(H,28,30);1H. The number of pyridine rings is 1. The summed E-state index contributed by atoms with van der Waals surface area (Å²) in [5.41, 5.74) is 4.48. The van der Waals surface area contributed by atoms with Gasteiger partial charge in [-0.15, -0.1) is 0 Å². The van der Waals surface area contributed by atoms with Crippen LogP contribution in [0.5, 0.6) is 0 Å². The topological polar surface area (TPSA) is 59.9 Å². The van der Waals surface area contributed by atoms with Crippen LogP contribution >= 0.6 is 0 Å². The Morgan fingerprint density at radius 1 is 1.27 bits per heavy atom. The Balaban J connectivity index is 0.00000272. The Bertz CT molecular complexity index is 1200. The van der Waals surface area contributed by atoms with E-state index in [1.165, 1.54) is 11.3 Å². The van der Waals surface area contributed by atoms with Gasteiger partial charge in [-0.05, 0) is 66.8 Å². The fraction of sp³-hybridized carbons (Fsp3) is 0.385. The van der Waals surface area contributed by atoms with Gasteiger partial charge in [0.1, 0.15) is 0 Å². The molecule has 0 bridgehead atoms. The number of rotatable bonds is 4. The van der Waals surface area contributed by atoms with Crippen molar-refractivity contribution in [1.82, 2.24) is 4.98 Å². The summed E-state index contributed by atoms with van der Waals surface area (Å²) in [6.45, 7) is 6.28. The maximum Gasteiger partial charge on any atom is 0.251 e. The lowest BCUT2D eigenvalue weighted by molar-refractivity contribution is 0.349. The lowest BCUT2D eigenvalue weighted by Crippen LogP contribution is -2.45. The van der Waals surface area contributed by atoms with Gasteiger partial charge in [0.15, 0.2) is 0 Å². The zero-order valence-corrected chi connectivity index (χ0v) is 18.2. The quantitative estimate of drug-likeness (QED) is 0.653. The highest BCUT2D eigenvalue weighted by Crippen LogP contribution is 2.39. The van der Waals surface area contributed by atoms with E-state index in [0.29, 0.717) is 12.3 Å². The van der Waals surface area contributed by atoms with Gasteiger partial charge in [-0.2, -0.15) is 5.26 Å². The van der Waals surface area contributed by atoms with E-state index in [4.69, 9.17) is 0 Å². The fourth-order valence-corrected chi connectivity index (χ4v) is 4.91. The number of aromatic nitrogens is 1. The number of benzene rings is 2. The monoisotopic (exact) mass is 401 g/mol. The molecule has 156 valence electrons. The lowest BCUT2D eigenvalue weighted by Gasteiger charge is -2.43. The summed E-state index contributed by atoms with van der Waals surface area (Å²) >= 11 is 0. The van der Waals surface area contributed by atoms with Gasteiger partial charge in [0, 0.05) is 31.3 Å². The zero-order chi connectivity index (χ0) is 21.5. The number of nitrogens with zero attached hydrogens (tertiary/aromatic N) is 2. The second-order valence-corrected chi connectivity index (χ2v) is 8.92. The molecule has 0 amide bonds. The molecule has 1 N–H and O–H groups in total. The Kier molecular flexibility index (Phi) is 5.15. The minimum absolute atomic E-state index is 0. The first-order valence-corrected chi connectivity index (χ1v) is 10.7. The molecule has 3 unspecified atom stereocenters. The van der Waals surface area contributed by atoms with Crippen LogP contribution in [0.15, 0.2) is 53.3 Å². The smallest absolute Gasteiger partial charge is 0.251 e. The molecule has 3 aromatic rings. The number of H-pyrrole nitrogens is 1. The number of fused-ring (bicyclic) bond motifs is 2. The van der Waals surface area contributed by atoms with E-state index in [2.05, 4.69) is 54.2 Å². The van der Waals surface area contributed by atoms with Gasteiger partial charge >= 0.3 is 0 Å². The molecule has 1 aliphatic rings. The number of para-hydroxylation sites is 1. The van der Waals surface area contributed by atoms with E-state index in [1.807, 2.05) is 38.1 Å². The average molecular weight is 402 g/mol. The van der Waals surface area contributed by atoms with E-state index in [1.54, 1.807) is 0 Å². The summed E-state index contributed by atoms with van der Waals surface area (Å²) in [6.07, 6.45) is 2.46. The Morgan fingerprint density at radius 2 is 2.03 bits per heavy atom. The molecule has 4 heteroatoms. The molecule has 30 heavy (non-hydrogen) atoms. The number of nitriles is 1. The van der Waals surface area contributed by atoms with Crippen LogP contribution in [0.3, 0.4) is 0 Å². The van der Waals surface area contributed by atoms with E-state index in [-0.39, 0.29) is 13.0 Å². The van der Waals surface area contributed by atoms with Crippen molar-refractivity contribution in [3.63, 3.8) is 0 Å². The molecule has 0 radical (unpaired) electrons. The van der Waals surface area contributed by atoms with E-state index < -0.39 is 5.41 Å². The minimum Gasteiger partial charge on any atom is -0.371 e. The van der Waals surface area contributed by atoms with Crippen molar-refractivity contribution in [2.75, 3.05) is 11.9 Å². The van der Waals surface area contributed by atoms with Crippen LogP contribution in [-0.4, -0.2) is 18.1 Å². The molecular weight excluding hydrogens is 370 g/mol. The van der Waals surface area contributed by atoms with Crippen LogP contribution in [0.2, 0.25) is 0 Å². The number of hydrogen-bond donors (Lipinski definition) is 1. The van der Waals surface area contributed by atoms with Gasteiger partial charge < -0.3 is 9.88 Å². The molecule has 2 heterocycles. The predicted octanol–water partition coefficient (Wildman–Crippen LogP) is 5.21. The number of aromatic amines is 1. The first kappa shape index (κ1) is 20.2. The highest BCUT2D eigenvalue weighted by molar-refractivity contribution is 5.80. The molecule has 4 rings (SSSR count). The number of aryl methyl sites for hydroxylation is 1. The molecule has 0 saturated carbocycles. The Hall–Kier alpha value is -3.06. The summed E-state index contributed by atoms with van der Waals surface area (Å²) < 4.78 is 0. The van der Waals surface area contributed by atoms with Crippen LogP contribution < -0.4 is 10.5 Å². The van der Waals surface area contributed by atoms with Crippen molar-refractivity contribution in [1.29, 1.82) is 5.26 Å². The van der Waals surface area contributed by atoms with Crippen LogP contribution in [0.1, 0.15) is 45.3 Å². The van der Waals surface area contributed by atoms with E-state index in [0.717, 1.165) is 34.9 Å². The second-order valence-electron chi connectivity index (χ2n) is 8.92. The summed E-state index contributed by atoms with van der Waals surface area (Å²) in [6, 6.07) is 19.4. The molecule has 0 fully saturated rings. The number of anilines is 1. The van der Waals surface area contributed by atoms with Gasteiger partial charge in [-0.25, -0.2) is 0 Å². The third kappa shape index (κ3) is 3.39. The summed E-state index contributed by atoms with van der Waals surface area (Å²) in [7, 11) is 2.14. The summed E-state index contributed by atoms with van der Waals surface area (Å²) in [5, 5.41) is 11.2. The van der Waals surface area contributed by atoms with Crippen molar-refractivity contribution < 1.29 is 1.43 Å². The minimum atomic E-state index is -0.645. The third-order valence-corrected chi connectivity index (χ3v) is 6.87. The first-order valence-electron chi connectivity index (χ1n) is 10.7. The van der Waals surface area contributed by atoms with Gasteiger partial charge in [-0.3, -0.25) is 4.79 Å². The lowest BCUT2D eigenvalue weighted by atomic mass is 9.73. The van der Waals surface area contributed by atoms with Crippen LogP contribution in [-0.2, 0) is 18.3 Å². The highest BCUT2D eigenvalue weighted by atomic mass is 16.1. The molecule has 0 aliphatic carbocycles. The number of nitrogens with one attached hydrogen (secondary N) is 1. The molecule has 2 aromatic carbocycles. The predicted molar refractivity (Wildman–Crippen MR) is 125 cm³/mol. The van der Waals surface area contributed by atoms with Gasteiger partial charge in [-0.1, -0.05) is 44.2 Å². The molecule has 1 aromatic heterocycles. The Labute approximate surface area is 179 Å². The Morgan fingerprint density at radius 3 is 2.77 bits per heavy atom. The first-order chi connectivity index (χ1) is 14.4. The molecule has 1 aliphatic heterocycles. The molecule has 0 saturated heterocycles. The zero-order valence-electron chi connectivity index (χ0n) is 18.2. The van der Waals surface area contributed by atoms with Crippen molar-refractivity contribution in [2.45, 2.75) is 51.5 Å². The molecule has 4 nitrogen and oxygen atoms in total. The summed E-state index contributed by atoms with van der Waals surface area (Å²) in [4.78, 5) is 17.6. The SMILES string of the molecule is CCc1cc2ccc(C(C)(C#N)CC3C(C)Cc4ccccc4N3C)cc2[nH]c1=O.[HH]. The van der Waals surface area contributed by atoms with Gasteiger partial charge in [0.05, 0.1) is 11.5 Å². The maximum atomic E-state index is 12.3. The number of hydrogen-bond acceptors (Lipinski definition) is 3. The van der Waals surface area contributed by atoms with Crippen molar-refractivity contribution >= 4 is 16.6 Å². The van der Waals surface area contributed by atoms with Crippen molar-refractivity contribution in [3.05, 3.63) is 75.6 Å². The largest absolute Gasteiger partial charge is 0.371 e. The van der Waals surface area contributed by atoms with Gasteiger partial charge in [0.2, 0.25) is 0 Å². The third-order valence-electron chi connectivity index (χ3n) is 6.87. The van der Waals surface area contributed by atoms with Gasteiger partial charge in [0.25, 0.3) is 5.56 Å². The van der Waals surface area contributed by atoms with E-state index in [9.17, 15) is 10.1 Å². The highest BCUT2D eigenvalue weighted by Gasteiger charge is 2.37. The molecular formula is C26H31N3O. The van der Waals surface area contributed by atoms with Crippen molar-refractivity contribution in [3.8, 4) is 6.07 Å². The van der Waals surface area contributed by atoms with Crippen LogP contribution in [0.25, 0.3) is 10.9 Å². The fourth-order valence-electron chi connectivity index (χ4n) is 4.91. The normalized spacial score (nSPS) is 20.4. The van der Waals surface area contributed by atoms with E-state index >= 15 is 0 Å². The molecule has 3 atom stereocenters. The maximum absolute atomic E-state index is 12.3. The van der Waals surface area contributed by atoms with Crippen LogP contribution in [0, 0.1) is 17.2 Å². The van der Waals surface area contributed by atoms with Crippen molar-refractivity contribution in [2.24, 2.45) is 5.92 Å².